The average molecular weight is 398 g/mol. The highest BCUT2D eigenvalue weighted by molar-refractivity contribution is 7.91. The van der Waals surface area contributed by atoms with Crippen molar-refractivity contribution < 1.29 is 13.5 Å². The molecule has 146 valence electrons. The lowest BCUT2D eigenvalue weighted by Gasteiger charge is -2.12. The van der Waals surface area contributed by atoms with Crippen molar-refractivity contribution >= 4 is 27.3 Å². The molecule has 7 nitrogen and oxygen atoms in total. The zero-order valence-electron chi connectivity index (χ0n) is 15.5. The van der Waals surface area contributed by atoms with Gasteiger partial charge in [-0.2, -0.15) is 0 Å². The molecule has 2 aromatic heterocycles. The van der Waals surface area contributed by atoms with Crippen LogP contribution in [0.3, 0.4) is 0 Å². The number of aryl methyl sites for hydroxylation is 1. The first-order valence-corrected chi connectivity index (χ1v) is 10.3. The van der Waals surface area contributed by atoms with Crippen LogP contribution < -0.4 is 10.6 Å². The Morgan fingerprint density at radius 1 is 0.964 bits per heavy atom. The van der Waals surface area contributed by atoms with Gasteiger partial charge in [-0.05, 0) is 43.2 Å². The summed E-state index contributed by atoms with van der Waals surface area (Å²) in [5.74, 6) is 1.33. The van der Waals surface area contributed by atoms with E-state index in [1.54, 1.807) is 42.6 Å². The molecule has 3 N–H and O–H groups in total. The minimum Gasteiger partial charge on any atom is -0.396 e. The SMILES string of the molecule is Cc1ccc(Nc2cc(S(=O)(=O)c3ccccc3)cc(NCCCO)n2)nc1. The van der Waals surface area contributed by atoms with Gasteiger partial charge < -0.3 is 15.7 Å². The predicted molar refractivity (Wildman–Crippen MR) is 109 cm³/mol. The van der Waals surface area contributed by atoms with Crippen molar-refractivity contribution in [3.05, 3.63) is 66.4 Å². The fourth-order valence-electron chi connectivity index (χ4n) is 2.52. The number of nitrogens with zero attached hydrogens (tertiary/aromatic N) is 2. The second-order valence-electron chi connectivity index (χ2n) is 6.24. The van der Waals surface area contributed by atoms with Gasteiger partial charge in [0, 0.05) is 25.4 Å². The second-order valence-corrected chi connectivity index (χ2v) is 8.19. The number of aromatic nitrogens is 2. The Labute approximate surface area is 164 Å². The van der Waals surface area contributed by atoms with Crippen LogP contribution in [0.25, 0.3) is 0 Å². The van der Waals surface area contributed by atoms with Gasteiger partial charge in [-0.25, -0.2) is 18.4 Å². The molecular formula is C20H22N4O3S. The van der Waals surface area contributed by atoms with E-state index in [-0.39, 0.29) is 16.4 Å². The first-order chi connectivity index (χ1) is 13.5. The van der Waals surface area contributed by atoms with Crippen LogP contribution in [0.15, 0.2) is 70.6 Å². The minimum atomic E-state index is -3.70. The monoisotopic (exact) mass is 398 g/mol. The Bertz CT molecular complexity index is 1020. The quantitative estimate of drug-likeness (QED) is 0.501. The zero-order chi connectivity index (χ0) is 20.0. The highest BCUT2D eigenvalue weighted by Crippen LogP contribution is 2.26. The van der Waals surface area contributed by atoms with Crippen molar-refractivity contribution in [2.75, 3.05) is 23.8 Å². The molecule has 1 aromatic carbocycles. The van der Waals surface area contributed by atoms with Gasteiger partial charge in [0.2, 0.25) is 9.84 Å². The maximum atomic E-state index is 13.0. The number of anilines is 3. The largest absolute Gasteiger partial charge is 0.396 e. The van der Waals surface area contributed by atoms with Gasteiger partial charge in [0.1, 0.15) is 17.5 Å². The van der Waals surface area contributed by atoms with Crippen molar-refractivity contribution in [3.63, 3.8) is 0 Å². The predicted octanol–water partition coefficient (Wildman–Crippen LogP) is 3.16. The van der Waals surface area contributed by atoms with Crippen LogP contribution in [0.4, 0.5) is 17.5 Å². The molecule has 0 aliphatic heterocycles. The standard InChI is InChI=1S/C20H22N4O3S/c1-15-8-9-18(22-14-15)23-20-13-17(12-19(24-20)21-10-5-11-25)28(26,27)16-6-3-2-4-7-16/h2-4,6-9,12-14,25H,5,10-11H2,1H3,(H2,21,22,23,24). The molecule has 0 radical (unpaired) electrons. The van der Waals surface area contributed by atoms with Crippen LogP contribution in [0, 0.1) is 6.92 Å². The third-order valence-electron chi connectivity index (χ3n) is 3.97. The molecule has 28 heavy (non-hydrogen) atoms. The fourth-order valence-corrected chi connectivity index (χ4v) is 3.84. The van der Waals surface area contributed by atoms with E-state index >= 15 is 0 Å². The molecule has 0 fully saturated rings. The van der Waals surface area contributed by atoms with Gasteiger partial charge in [-0.3, -0.25) is 0 Å². The van der Waals surface area contributed by atoms with Gasteiger partial charge in [0.25, 0.3) is 0 Å². The normalized spacial score (nSPS) is 11.2. The van der Waals surface area contributed by atoms with Crippen molar-refractivity contribution in [1.82, 2.24) is 9.97 Å². The Hall–Kier alpha value is -2.97. The van der Waals surface area contributed by atoms with E-state index in [1.807, 2.05) is 13.0 Å². The van der Waals surface area contributed by atoms with Crippen molar-refractivity contribution in [1.29, 1.82) is 0 Å². The molecule has 0 saturated carbocycles. The number of aliphatic hydroxyl groups excluding tert-OH is 1. The maximum absolute atomic E-state index is 13.0. The summed E-state index contributed by atoms with van der Waals surface area (Å²) >= 11 is 0. The Kier molecular flexibility index (Phi) is 6.23. The Balaban J connectivity index is 1.98. The summed E-state index contributed by atoms with van der Waals surface area (Å²) in [6, 6.07) is 14.9. The van der Waals surface area contributed by atoms with E-state index < -0.39 is 9.84 Å². The molecule has 0 atom stereocenters. The number of rotatable bonds is 8. The van der Waals surface area contributed by atoms with Crippen LogP contribution in [-0.4, -0.2) is 36.6 Å². The summed E-state index contributed by atoms with van der Waals surface area (Å²) in [6.07, 6.45) is 2.24. The van der Waals surface area contributed by atoms with Crippen molar-refractivity contribution in [3.8, 4) is 0 Å². The molecule has 0 bridgehead atoms. The highest BCUT2D eigenvalue weighted by Gasteiger charge is 2.19. The maximum Gasteiger partial charge on any atom is 0.206 e. The molecule has 0 unspecified atom stereocenters. The molecule has 0 saturated heterocycles. The smallest absolute Gasteiger partial charge is 0.206 e. The minimum absolute atomic E-state index is 0.0351. The number of aliphatic hydroxyl groups is 1. The number of hydrogen-bond donors (Lipinski definition) is 3. The fraction of sp³-hybridized carbons (Fsp3) is 0.200. The van der Waals surface area contributed by atoms with Gasteiger partial charge in [0.15, 0.2) is 0 Å². The molecule has 8 heteroatoms. The number of sulfone groups is 1. The molecule has 0 spiro atoms. The zero-order valence-corrected chi connectivity index (χ0v) is 16.3. The highest BCUT2D eigenvalue weighted by atomic mass is 32.2. The number of hydrogen-bond acceptors (Lipinski definition) is 7. The van der Waals surface area contributed by atoms with Gasteiger partial charge in [0.05, 0.1) is 9.79 Å². The third kappa shape index (κ3) is 4.85. The van der Waals surface area contributed by atoms with Crippen molar-refractivity contribution in [2.24, 2.45) is 0 Å². The van der Waals surface area contributed by atoms with E-state index in [9.17, 15) is 8.42 Å². The topological polar surface area (TPSA) is 104 Å². The number of benzene rings is 1. The lowest BCUT2D eigenvalue weighted by molar-refractivity contribution is 0.292. The summed E-state index contributed by atoms with van der Waals surface area (Å²) in [5, 5.41) is 15.1. The van der Waals surface area contributed by atoms with Crippen LogP contribution in [0.1, 0.15) is 12.0 Å². The lowest BCUT2D eigenvalue weighted by Crippen LogP contribution is -2.09. The average Bonchev–Trinajstić information content (AvgIpc) is 2.70. The Morgan fingerprint density at radius 2 is 1.71 bits per heavy atom. The van der Waals surface area contributed by atoms with E-state index in [0.29, 0.717) is 30.4 Å². The first kappa shape index (κ1) is 19.8. The third-order valence-corrected chi connectivity index (χ3v) is 5.72. The van der Waals surface area contributed by atoms with Crippen LogP contribution in [-0.2, 0) is 9.84 Å². The number of pyridine rings is 2. The molecule has 3 rings (SSSR count). The van der Waals surface area contributed by atoms with Gasteiger partial charge in [-0.15, -0.1) is 0 Å². The molecule has 3 aromatic rings. The molecule has 0 amide bonds. The van der Waals surface area contributed by atoms with E-state index in [2.05, 4.69) is 20.6 Å². The van der Waals surface area contributed by atoms with Crippen LogP contribution in [0.2, 0.25) is 0 Å². The summed E-state index contributed by atoms with van der Waals surface area (Å²) < 4.78 is 26.1. The van der Waals surface area contributed by atoms with E-state index in [1.165, 1.54) is 12.1 Å². The first-order valence-electron chi connectivity index (χ1n) is 8.86. The van der Waals surface area contributed by atoms with Gasteiger partial charge >= 0.3 is 0 Å². The van der Waals surface area contributed by atoms with Crippen molar-refractivity contribution in [2.45, 2.75) is 23.1 Å². The lowest BCUT2D eigenvalue weighted by atomic mass is 10.3. The number of nitrogens with one attached hydrogen (secondary N) is 2. The molecule has 0 aliphatic carbocycles. The molecule has 2 heterocycles. The summed E-state index contributed by atoms with van der Waals surface area (Å²) in [6.45, 7) is 2.44. The Morgan fingerprint density at radius 3 is 2.39 bits per heavy atom. The summed E-state index contributed by atoms with van der Waals surface area (Å²) in [7, 11) is -3.70. The second kappa shape index (κ2) is 8.81. The van der Waals surface area contributed by atoms with E-state index in [4.69, 9.17) is 5.11 Å². The van der Waals surface area contributed by atoms with Crippen LogP contribution in [0.5, 0.6) is 0 Å². The van der Waals surface area contributed by atoms with Gasteiger partial charge in [-0.1, -0.05) is 24.3 Å². The molecule has 0 aliphatic rings. The molecular weight excluding hydrogens is 376 g/mol. The summed E-state index contributed by atoms with van der Waals surface area (Å²) in [5.41, 5.74) is 1.02. The van der Waals surface area contributed by atoms with E-state index in [0.717, 1.165) is 5.56 Å². The van der Waals surface area contributed by atoms with Crippen LogP contribution >= 0.6 is 0 Å². The summed E-state index contributed by atoms with van der Waals surface area (Å²) in [4.78, 5) is 9.03.